The van der Waals surface area contributed by atoms with Crippen molar-refractivity contribution in [3.8, 4) is 11.4 Å². The smallest absolute Gasteiger partial charge is 0.273 e. The van der Waals surface area contributed by atoms with Crippen LogP contribution in [0.5, 0.6) is 5.75 Å². The number of fused-ring (bicyclic) bond motifs is 1. The lowest BCUT2D eigenvalue weighted by Crippen LogP contribution is -2.29. The normalized spacial score (nSPS) is 10.8. The maximum Gasteiger partial charge on any atom is 0.273 e. The Kier molecular flexibility index (Phi) is 4.74. The van der Waals surface area contributed by atoms with Gasteiger partial charge < -0.3 is 10.4 Å². The minimum atomic E-state index is -0.831. The van der Waals surface area contributed by atoms with Gasteiger partial charge in [0.15, 0.2) is 5.65 Å². The molecule has 0 saturated carbocycles. The molecule has 0 saturated heterocycles. The number of rotatable bonds is 3. The highest BCUT2D eigenvalue weighted by Gasteiger charge is 2.24. The number of nitrogens with one attached hydrogen (secondary N) is 1. The van der Waals surface area contributed by atoms with Crippen LogP contribution < -0.4 is 10.9 Å². The molecular formula is C21H13ClFN3O3. The summed E-state index contributed by atoms with van der Waals surface area (Å²) in [4.78, 5) is 30.2. The first-order chi connectivity index (χ1) is 14.0. The van der Waals surface area contributed by atoms with Crippen LogP contribution in [0.15, 0.2) is 71.7 Å². The molecule has 144 valence electrons. The van der Waals surface area contributed by atoms with E-state index < -0.39 is 28.6 Å². The molecule has 2 aromatic heterocycles. The van der Waals surface area contributed by atoms with E-state index in [0.717, 1.165) is 4.57 Å². The molecule has 0 aliphatic rings. The summed E-state index contributed by atoms with van der Waals surface area (Å²) in [6, 6.07) is 14.8. The number of aromatic nitrogens is 2. The van der Waals surface area contributed by atoms with Gasteiger partial charge in [0.2, 0.25) is 0 Å². The number of hydrogen-bond acceptors (Lipinski definition) is 4. The molecule has 8 heteroatoms. The fourth-order valence-corrected chi connectivity index (χ4v) is 3.17. The summed E-state index contributed by atoms with van der Waals surface area (Å²) < 4.78 is 14.5. The molecule has 4 rings (SSSR count). The van der Waals surface area contributed by atoms with Crippen LogP contribution in [0.2, 0.25) is 5.02 Å². The van der Waals surface area contributed by atoms with Crippen molar-refractivity contribution in [1.29, 1.82) is 0 Å². The average Bonchev–Trinajstić information content (AvgIpc) is 2.71. The first-order valence-electron chi connectivity index (χ1n) is 8.52. The molecular weight excluding hydrogens is 397 g/mol. The number of halogens is 2. The number of anilines is 1. The van der Waals surface area contributed by atoms with E-state index in [4.69, 9.17) is 11.6 Å². The van der Waals surface area contributed by atoms with Crippen LogP contribution in [0.1, 0.15) is 10.4 Å². The molecule has 29 heavy (non-hydrogen) atoms. The van der Waals surface area contributed by atoms with Gasteiger partial charge in [0.25, 0.3) is 11.5 Å². The molecule has 0 radical (unpaired) electrons. The standard InChI is InChI=1S/C21H13ClFN3O3/c22-15-5-1-2-6-16(15)25-20(28)17-18(27)14-4-3-11-24-19(14)26(21(17)29)13-9-7-12(23)8-10-13/h1-11,27H,(H,25,28). The van der Waals surface area contributed by atoms with E-state index in [0.29, 0.717) is 5.69 Å². The van der Waals surface area contributed by atoms with Gasteiger partial charge in [-0.15, -0.1) is 0 Å². The van der Waals surface area contributed by atoms with Crippen molar-refractivity contribution >= 4 is 34.2 Å². The summed E-state index contributed by atoms with van der Waals surface area (Å²) >= 11 is 6.07. The minimum absolute atomic E-state index is 0.135. The van der Waals surface area contributed by atoms with Gasteiger partial charge in [-0.05, 0) is 48.5 Å². The monoisotopic (exact) mass is 409 g/mol. The Labute approximate surface area is 168 Å². The molecule has 2 N–H and O–H groups in total. The van der Waals surface area contributed by atoms with Crippen molar-refractivity contribution < 1.29 is 14.3 Å². The summed E-state index contributed by atoms with van der Waals surface area (Å²) in [5.74, 6) is -1.81. The molecule has 0 spiro atoms. The Bertz CT molecular complexity index is 1300. The Balaban J connectivity index is 1.95. The van der Waals surface area contributed by atoms with Crippen LogP contribution in [0.4, 0.5) is 10.1 Å². The maximum atomic E-state index is 13.3. The topological polar surface area (TPSA) is 84.2 Å². The number of pyridine rings is 2. The Morgan fingerprint density at radius 3 is 2.52 bits per heavy atom. The van der Waals surface area contributed by atoms with Gasteiger partial charge in [0.1, 0.15) is 17.1 Å². The summed E-state index contributed by atoms with van der Waals surface area (Å²) in [5, 5.41) is 13.7. The third-order valence-electron chi connectivity index (χ3n) is 4.34. The van der Waals surface area contributed by atoms with E-state index in [-0.39, 0.29) is 21.7 Å². The van der Waals surface area contributed by atoms with Crippen LogP contribution in [0.3, 0.4) is 0 Å². The molecule has 0 fully saturated rings. The average molecular weight is 410 g/mol. The highest BCUT2D eigenvalue weighted by atomic mass is 35.5. The van der Waals surface area contributed by atoms with Gasteiger partial charge in [-0.2, -0.15) is 0 Å². The Morgan fingerprint density at radius 2 is 1.79 bits per heavy atom. The number of carbonyl (C=O) groups excluding carboxylic acids is 1. The lowest BCUT2D eigenvalue weighted by Gasteiger charge is -2.14. The van der Waals surface area contributed by atoms with E-state index in [1.54, 1.807) is 30.3 Å². The number of benzene rings is 2. The third-order valence-corrected chi connectivity index (χ3v) is 4.67. The zero-order valence-electron chi connectivity index (χ0n) is 14.8. The summed E-state index contributed by atoms with van der Waals surface area (Å²) in [6.45, 7) is 0. The van der Waals surface area contributed by atoms with Crippen LogP contribution in [0, 0.1) is 5.82 Å². The van der Waals surface area contributed by atoms with Gasteiger partial charge in [-0.25, -0.2) is 9.37 Å². The number of aromatic hydroxyl groups is 1. The number of hydrogen-bond donors (Lipinski definition) is 2. The van der Waals surface area contributed by atoms with Crippen molar-refractivity contribution in [1.82, 2.24) is 9.55 Å². The molecule has 4 aromatic rings. The van der Waals surface area contributed by atoms with Gasteiger partial charge in [0, 0.05) is 6.20 Å². The number of amides is 1. The van der Waals surface area contributed by atoms with Crippen molar-refractivity contribution in [2.75, 3.05) is 5.32 Å². The quantitative estimate of drug-likeness (QED) is 0.532. The lowest BCUT2D eigenvalue weighted by molar-refractivity contribution is 0.102. The van der Waals surface area contributed by atoms with E-state index in [1.165, 1.54) is 36.5 Å². The zero-order valence-corrected chi connectivity index (χ0v) is 15.5. The Morgan fingerprint density at radius 1 is 1.07 bits per heavy atom. The molecule has 0 unspecified atom stereocenters. The lowest BCUT2D eigenvalue weighted by atomic mass is 10.1. The number of nitrogens with zero attached hydrogens (tertiary/aromatic N) is 2. The second-order valence-electron chi connectivity index (χ2n) is 6.15. The van der Waals surface area contributed by atoms with Crippen molar-refractivity contribution in [3.63, 3.8) is 0 Å². The van der Waals surface area contributed by atoms with Gasteiger partial charge in [-0.1, -0.05) is 23.7 Å². The fraction of sp³-hybridized carbons (Fsp3) is 0. The van der Waals surface area contributed by atoms with E-state index in [2.05, 4.69) is 10.3 Å². The summed E-state index contributed by atoms with van der Waals surface area (Å²) in [6.07, 6.45) is 1.45. The highest BCUT2D eigenvalue weighted by molar-refractivity contribution is 6.34. The second-order valence-corrected chi connectivity index (χ2v) is 6.56. The van der Waals surface area contributed by atoms with Gasteiger partial charge in [-0.3, -0.25) is 14.2 Å². The molecule has 0 aliphatic heterocycles. The molecule has 2 heterocycles. The number of carbonyl (C=O) groups is 1. The summed E-state index contributed by atoms with van der Waals surface area (Å²) in [5.41, 5.74) is -0.556. The van der Waals surface area contributed by atoms with Crippen LogP contribution in [-0.2, 0) is 0 Å². The van der Waals surface area contributed by atoms with Gasteiger partial charge >= 0.3 is 0 Å². The molecule has 6 nitrogen and oxygen atoms in total. The summed E-state index contributed by atoms with van der Waals surface area (Å²) in [7, 11) is 0. The maximum absolute atomic E-state index is 13.3. The van der Waals surface area contributed by atoms with Crippen LogP contribution in [0.25, 0.3) is 16.7 Å². The van der Waals surface area contributed by atoms with E-state index >= 15 is 0 Å². The van der Waals surface area contributed by atoms with E-state index in [1.807, 2.05) is 0 Å². The molecule has 0 atom stereocenters. The molecule has 0 aliphatic carbocycles. The van der Waals surface area contributed by atoms with Gasteiger partial charge in [0.05, 0.1) is 21.8 Å². The van der Waals surface area contributed by atoms with E-state index in [9.17, 15) is 19.1 Å². The van der Waals surface area contributed by atoms with Crippen LogP contribution >= 0.6 is 11.6 Å². The minimum Gasteiger partial charge on any atom is -0.506 e. The second kappa shape index (κ2) is 7.37. The largest absolute Gasteiger partial charge is 0.506 e. The molecule has 0 bridgehead atoms. The first-order valence-corrected chi connectivity index (χ1v) is 8.89. The van der Waals surface area contributed by atoms with Crippen molar-refractivity contribution in [2.45, 2.75) is 0 Å². The molecule has 1 amide bonds. The predicted octanol–water partition coefficient (Wildman–Crippen LogP) is 4.14. The predicted molar refractivity (Wildman–Crippen MR) is 108 cm³/mol. The highest BCUT2D eigenvalue weighted by Crippen LogP contribution is 2.28. The first kappa shape index (κ1) is 18.6. The fourth-order valence-electron chi connectivity index (χ4n) is 2.99. The van der Waals surface area contributed by atoms with Crippen molar-refractivity contribution in [3.05, 3.63) is 93.6 Å². The SMILES string of the molecule is O=C(Nc1ccccc1Cl)c1c(O)c2cccnc2n(-c2ccc(F)cc2)c1=O. The zero-order chi connectivity index (χ0) is 20.5. The van der Waals surface area contributed by atoms with Crippen molar-refractivity contribution in [2.24, 2.45) is 0 Å². The molecule has 2 aromatic carbocycles. The third kappa shape index (κ3) is 3.32. The Hall–Kier alpha value is -3.71. The number of para-hydroxylation sites is 1. The van der Waals surface area contributed by atoms with Crippen LogP contribution in [-0.4, -0.2) is 20.6 Å².